The highest BCUT2D eigenvalue weighted by Gasteiger charge is 2.43. The van der Waals surface area contributed by atoms with E-state index in [1.807, 2.05) is 58.0 Å². The van der Waals surface area contributed by atoms with Gasteiger partial charge in [-0.2, -0.15) is 0 Å². The molecule has 3 N–H and O–H groups in total. The van der Waals surface area contributed by atoms with Crippen LogP contribution < -0.4 is 16.0 Å². The van der Waals surface area contributed by atoms with Gasteiger partial charge in [0.2, 0.25) is 17.7 Å². The van der Waals surface area contributed by atoms with Crippen LogP contribution in [0.3, 0.4) is 0 Å². The maximum Gasteiger partial charge on any atom is 0.328 e. The van der Waals surface area contributed by atoms with Gasteiger partial charge in [0.05, 0.1) is 43.7 Å². The lowest BCUT2D eigenvalue weighted by Gasteiger charge is -2.41. The lowest BCUT2D eigenvalue weighted by atomic mass is 9.89. The van der Waals surface area contributed by atoms with Gasteiger partial charge in [0, 0.05) is 60.4 Å². The fourth-order valence-corrected chi connectivity index (χ4v) is 7.62. The number of esters is 1. The zero-order valence-electron chi connectivity index (χ0n) is 33.3. The average molecular weight is 745 g/mol. The smallest absolute Gasteiger partial charge is 0.328 e. The summed E-state index contributed by atoms with van der Waals surface area (Å²) in [5.41, 5.74) is 0.877. The van der Waals surface area contributed by atoms with Crippen molar-refractivity contribution in [3.8, 4) is 0 Å². The van der Waals surface area contributed by atoms with Crippen LogP contribution in [0.25, 0.3) is 0 Å². The van der Waals surface area contributed by atoms with Gasteiger partial charge < -0.3 is 44.9 Å². The van der Waals surface area contributed by atoms with Gasteiger partial charge in [0.1, 0.15) is 12.1 Å². The van der Waals surface area contributed by atoms with Crippen LogP contribution in [0, 0.1) is 17.8 Å². The molecule has 0 aromatic heterocycles. The summed E-state index contributed by atoms with van der Waals surface area (Å²) >= 11 is 0. The Labute approximate surface area is 316 Å². The standard InChI is InChI=1S/C39H64N6O8/c1-10-26(4)34(43(6)37(48)33(25(2)3)42-39(50)44-21-18-40-19-22-44)31(51-7)24-32(46)45-20-14-17-30(45)35(52-8)27(5)36(47)41-29(38(49)53-9)23-28-15-12-11-13-16-28/h11-13,15-16,25-27,29-31,33-35,40H,10,14,17-24H2,1-9H3,(H,41,47)(H,42,50)/t26-,27+,29?,30?,31+,33?,34-,35+/m0/s1. The van der Waals surface area contributed by atoms with E-state index in [2.05, 4.69) is 16.0 Å². The normalized spacial score (nSPS) is 20.1. The van der Waals surface area contributed by atoms with Crippen LogP contribution in [0.1, 0.15) is 65.9 Å². The van der Waals surface area contributed by atoms with Crippen LogP contribution >= 0.6 is 0 Å². The van der Waals surface area contributed by atoms with E-state index in [-0.39, 0.29) is 54.5 Å². The third kappa shape index (κ3) is 11.6. The van der Waals surface area contributed by atoms with Crippen molar-refractivity contribution >= 4 is 29.7 Å². The summed E-state index contributed by atoms with van der Waals surface area (Å²) < 4.78 is 16.9. The summed E-state index contributed by atoms with van der Waals surface area (Å²) in [6, 6.07) is 6.63. The summed E-state index contributed by atoms with van der Waals surface area (Å²) in [5.74, 6) is -2.21. The van der Waals surface area contributed by atoms with Crippen LogP contribution in [0.4, 0.5) is 4.79 Å². The molecule has 0 saturated carbocycles. The number of carbonyl (C=O) groups is 5. The maximum absolute atomic E-state index is 14.2. The van der Waals surface area contributed by atoms with Crippen molar-refractivity contribution in [2.45, 2.75) is 103 Å². The largest absolute Gasteiger partial charge is 0.467 e. The molecule has 1 aromatic rings. The molecule has 14 heteroatoms. The molecule has 1 aromatic carbocycles. The lowest BCUT2D eigenvalue weighted by molar-refractivity contribution is -0.148. The van der Waals surface area contributed by atoms with Crippen molar-refractivity contribution in [1.82, 2.24) is 30.7 Å². The summed E-state index contributed by atoms with van der Waals surface area (Å²) in [6.45, 7) is 12.7. The van der Waals surface area contributed by atoms with Gasteiger partial charge in [-0.1, -0.05) is 71.4 Å². The second-order valence-electron chi connectivity index (χ2n) is 14.8. The summed E-state index contributed by atoms with van der Waals surface area (Å²) in [4.78, 5) is 72.9. The first-order valence-corrected chi connectivity index (χ1v) is 19.1. The number of benzene rings is 1. The molecule has 0 aliphatic carbocycles. The van der Waals surface area contributed by atoms with E-state index in [0.29, 0.717) is 39.1 Å². The molecule has 8 atom stereocenters. The molecule has 2 fully saturated rings. The Bertz CT molecular complexity index is 1340. The van der Waals surface area contributed by atoms with Crippen LogP contribution in [0.5, 0.6) is 0 Å². The first-order valence-electron chi connectivity index (χ1n) is 19.1. The summed E-state index contributed by atoms with van der Waals surface area (Å²) in [6.07, 6.45) is 1.11. The predicted octanol–water partition coefficient (Wildman–Crippen LogP) is 2.45. The Morgan fingerprint density at radius 1 is 0.943 bits per heavy atom. The molecule has 298 valence electrons. The molecule has 0 bridgehead atoms. The Balaban J connectivity index is 1.75. The fourth-order valence-electron chi connectivity index (χ4n) is 7.62. The molecule has 3 unspecified atom stereocenters. The Hall–Kier alpha value is -3.75. The van der Waals surface area contributed by atoms with E-state index in [9.17, 15) is 24.0 Å². The number of urea groups is 1. The van der Waals surface area contributed by atoms with Crippen molar-refractivity contribution < 1.29 is 38.2 Å². The SMILES string of the molecule is CC[C@H](C)[C@@H]([C@@H](CC(=O)N1CCCC1[C@H](OC)[C@@H](C)C(=O)NC(Cc1ccccc1)C(=O)OC)OC)N(C)C(=O)C(NC(=O)N1CCNCC1)C(C)C. The third-order valence-electron chi connectivity index (χ3n) is 11.0. The second kappa shape index (κ2) is 21.2. The van der Waals surface area contributed by atoms with E-state index in [1.165, 1.54) is 14.2 Å². The number of nitrogens with zero attached hydrogens (tertiary/aromatic N) is 3. The number of carbonyl (C=O) groups excluding carboxylic acids is 5. The highest BCUT2D eigenvalue weighted by Crippen LogP contribution is 2.30. The molecule has 5 amide bonds. The Morgan fingerprint density at radius 2 is 1.60 bits per heavy atom. The molecule has 2 heterocycles. The summed E-state index contributed by atoms with van der Waals surface area (Å²) in [7, 11) is 6.09. The van der Waals surface area contributed by atoms with Crippen LogP contribution in [-0.2, 0) is 39.8 Å². The molecule has 2 aliphatic heterocycles. The predicted molar refractivity (Wildman–Crippen MR) is 202 cm³/mol. The second-order valence-corrected chi connectivity index (χ2v) is 14.8. The van der Waals surface area contributed by atoms with Gasteiger partial charge in [0.15, 0.2) is 0 Å². The highest BCUT2D eigenvalue weighted by atomic mass is 16.5. The number of piperazine rings is 1. The zero-order valence-corrected chi connectivity index (χ0v) is 33.3. The minimum Gasteiger partial charge on any atom is -0.467 e. The maximum atomic E-state index is 14.2. The molecule has 14 nitrogen and oxygen atoms in total. The first kappa shape index (κ1) is 43.7. The van der Waals surface area contributed by atoms with Crippen molar-refractivity contribution in [3.63, 3.8) is 0 Å². The number of amides is 5. The minimum atomic E-state index is -0.887. The topological polar surface area (TPSA) is 159 Å². The van der Waals surface area contributed by atoms with Crippen molar-refractivity contribution in [3.05, 3.63) is 35.9 Å². The quantitative estimate of drug-likeness (QED) is 0.192. The Morgan fingerprint density at radius 3 is 2.17 bits per heavy atom. The van der Waals surface area contributed by atoms with Gasteiger partial charge in [-0.05, 0) is 30.2 Å². The van der Waals surface area contributed by atoms with Crippen molar-refractivity contribution in [2.24, 2.45) is 17.8 Å². The highest BCUT2D eigenvalue weighted by molar-refractivity contribution is 5.88. The van der Waals surface area contributed by atoms with Gasteiger partial charge in [-0.25, -0.2) is 9.59 Å². The van der Waals surface area contributed by atoms with Gasteiger partial charge in [0.25, 0.3) is 0 Å². The van der Waals surface area contributed by atoms with E-state index < -0.39 is 42.2 Å². The number of hydrogen-bond acceptors (Lipinski definition) is 9. The van der Waals surface area contributed by atoms with E-state index in [0.717, 1.165) is 18.4 Å². The number of hydrogen-bond donors (Lipinski definition) is 3. The van der Waals surface area contributed by atoms with Crippen LogP contribution in [0.15, 0.2) is 30.3 Å². The molecule has 3 rings (SSSR count). The fraction of sp³-hybridized carbons (Fsp3) is 0.718. The van der Waals surface area contributed by atoms with Gasteiger partial charge in [-0.15, -0.1) is 0 Å². The van der Waals surface area contributed by atoms with Crippen molar-refractivity contribution in [2.75, 3.05) is 61.1 Å². The average Bonchev–Trinajstić information content (AvgIpc) is 3.66. The minimum absolute atomic E-state index is 0.0115. The Kier molecular flexibility index (Phi) is 17.5. The van der Waals surface area contributed by atoms with E-state index >= 15 is 0 Å². The number of nitrogens with one attached hydrogen (secondary N) is 3. The summed E-state index contributed by atoms with van der Waals surface area (Å²) in [5, 5.41) is 9.07. The lowest BCUT2D eigenvalue weighted by Crippen LogP contribution is -2.60. The van der Waals surface area contributed by atoms with Crippen molar-refractivity contribution in [1.29, 1.82) is 0 Å². The molecular formula is C39H64N6O8. The first-order chi connectivity index (χ1) is 25.3. The van der Waals surface area contributed by atoms with Crippen LogP contribution in [0.2, 0.25) is 0 Å². The molecule has 2 aliphatic rings. The van der Waals surface area contributed by atoms with Gasteiger partial charge in [-0.3, -0.25) is 14.4 Å². The molecule has 0 spiro atoms. The third-order valence-corrected chi connectivity index (χ3v) is 11.0. The number of likely N-dealkylation sites (N-methyl/N-ethyl adjacent to an activating group) is 1. The molecule has 0 radical (unpaired) electrons. The van der Waals surface area contributed by atoms with E-state index in [1.54, 1.807) is 35.8 Å². The number of rotatable bonds is 18. The zero-order chi connectivity index (χ0) is 39.2. The number of methoxy groups -OCH3 is 3. The van der Waals surface area contributed by atoms with E-state index in [4.69, 9.17) is 14.2 Å². The monoisotopic (exact) mass is 744 g/mol. The molecule has 53 heavy (non-hydrogen) atoms. The molecular weight excluding hydrogens is 680 g/mol. The van der Waals surface area contributed by atoms with Crippen LogP contribution in [-0.4, -0.2) is 142 Å². The number of likely N-dealkylation sites (tertiary alicyclic amines) is 1. The number of ether oxygens (including phenoxy) is 3. The van der Waals surface area contributed by atoms with Gasteiger partial charge >= 0.3 is 12.0 Å². The molecule has 2 saturated heterocycles.